The van der Waals surface area contributed by atoms with Gasteiger partial charge in [-0.25, -0.2) is 0 Å². The SMILES string of the molecule is CO[C@@H]1C[C@@](C)(O)[C@H](O)[C@@H](C)O1. The second kappa shape index (κ2) is 3.30. The molecule has 0 radical (unpaired) electrons. The van der Waals surface area contributed by atoms with Crippen molar-refractivity contribution in [3.05, 3.63) is 0 Å². The summed E-state index contributed by atoms with van der Waals surface area (Å²) in [5, 5.41) is 19.2. The van der Waals surface area contributed by atoms with Crippen LogP contribution in [-0.4, -0.2) is 41.4 Å². The Hall–Kier alpha value is -0.160. The molecule has 0 aromatic carbocycles. The smallest absolute Gasteiger partial charge is 0.160 e. The van der Waals surface area contributed by atoms with Crippen molar-refractivity contribution < 1.29 is 19.7 Å². The van der Waals surface area contributed by atoms with E-state index >= 15 is 0 Å². The number of hydrogen-bond donors (Lipinski definition) is 2. The first-order valence-electron chi connectivity index (χ1n) is 4.06. The molecule has 0 saturated carbocycles. The Labute approximate surface area is 72.1 Å². The summed E-state index contributed by atoms with van der Waals surface area (Å²) in [7, 11) is 1.52. The molecule has 72 valence electrons. The number of rotatable bonds is 1. The fraction of sp³-hybridized carbons (Fsp3) is 1.00. The molecule has 0 unspecified atom stereocenters. The molecule has 1 rings (SSSR count). The number of aliphatic hydroxyl groups excluding tert-OH is 1. The topological polar surface area (TPSA) is 58.9 Å². The third kappa shape index (κ3) is 1.77. The van der Waals surface area contributed by atoms with E-state index in [0.29, 0.717) is 6.42 Å². The summed E-state index contributed by atoms with van der Waals surface area (Å²) < 4.78 is 10.2. The molecule has 4 atom stereocenters. The Bertz CT molecular complexity index is 157. The minimum absolute atomic E-state index is 0.301. The molecule has 0 aliphatic carbocycles. The normalized spacial score (nSPS) is 49.2. The molecule has 0 bridgehead atoms. The maximum absolute atomic E-state index is 9.70. The van der Waals surface area contributed by atoms with E-state index in [9.17, 15) is 10.2 Å². The van der Waals surface area contributed by atoms with Crippen LogP contribution in [0.2, 0.25) is 0 Å². The van der Waals surface area contributed by atoms with Gasteiger partial charge in [0.2, 0.25) is 0 Å². The van der Waals surface area contributed by atoms with Crippen LogP contribution >= 0.6 is 0 Å². The van der Waals surface area contributed by atoms with Crippen LogP contribution in [0.15, 0.2) is 0 Å². The molecule has 0 spiro atoms. The Morgan fingerprint density at radius 2 is 2.17 bits per heavy atom. The summed E-state index contributed by atoms with van der Waals surface area (Å²) >= 11 is 0. The average Bonchev–Trinajstić information content (AvgIpc) is 1.99. The zero-order valence-electron chi connectivity index (χ0n) is 7.65. The van der Waals surface area contributed by atoms with Crippen molar-refractivity contribution in [2.75, 3.05) is 7.11 Å². The van der Waals surface area contributed by atoms with Gasteiger partial charge in [-0.1, -0.05) is 0 Å². The Morgan fingerprint density at radius 3 is 2.58 bits per heavy atom. The van der Waals surface area contributed by atoms with Crippen LogP contribution in [0.3, 0.4) is 0 Å². The van der Waals surface area contributed by atoms with E-state index in [2.05, 4.69) is 0 Å². The van der Waals surface area contributed by atoms with Crippen molar-refractivity contribution in [1.29, 1.82) is 0 Å². The van der Waals surface area contributed by atoms with E-state index in [0.717, 1.165) is 0 Å². The number of aliphatic hydroxyl groups is 2. The summed E-state index contributed by atoms with van der Waals surface area (Å²) in [5.41, 5.74) is -1.11. The predicted molar refractivity (Wildman–Crippen MR) is 42.6 cm³/mol. The summed E-state index contributed by atoms with van der Waals surface area (Å²) in [5.74, 6) is 0. The molecular formula is C8H16O4. The van der Waals surface area contributed by atoms with Gasteiger partial charge in [0.25, 0.3) is 0 Å². The molecule has 1 aliphatic rings. The highest BCUT2D eigenvalue weighted by Crippen LogP contribution is 2.28. The van der Waals surface area contributed by atoms with Gasteiger partial charge in [-0.2, -0.15) is 0 Å². The van der Waals surface area contributed by atoms with E-state index in [-0.39, 0.29) is 0 Å². The predicted octanol–water partition coefficient (Wildman–Crippen LogP) is -0.120. The molecule has 0 aromatic heterocycles. The molecule has 1 fully saturated rings. The van der Waals surface area contributed by atoms with Crippen molar-refractivity contribution in [3.63, 3.8) is 0 Å². The highest BCUT2D eigenvalue weighted by Gasteiger charge is 2.43. The van der Waals surface area contributed by atoms with E-state index in [1.165, 1.54) is 7.11 Å². The zero-order valence-corrected chi connectivity index (χ0v) is 7.65. The monoisotopic (exact) mass is 176 g/mol. The molecule has 0 aromatic rings. The van der Waals surface area contributed by atoms with E-state index < -0.39 is 24.1 Å². The van der Waals surface area contributed by atoms with Crippen LogP contribution in [0.1, 0.15) is 20.3 Å². The summed E-state index contributed by atoms with van der Waals surface area (Å²) in [6, 6.07) is 0. The van der Waals surface area contributed by atoms with Crippen molar-refractivity contribution in [2.45, 2.75) is 44.4 Å². The molecule has 1 aliphatic heterocycles. The van der Waals surface area contributed by atoms with Crippen LogP contribution < -0.4 is 0 Å². The first-order valence-corrected chi connectivity index (χ1v) is 4.06. The van der Waals surface area contributed by atoms with Crippen molar-refractivity contribution in [2.24, 2.45) is 0 Å². The third-order valence-electron chi connectivity index (χ3n) is 2.29. The van der Waals surface area contributed by atoms with Gasteiger partial charge in [-0.15, -0.1) is 0 Å². The molecule has 2 N–H and O–H groups in total. The molecule has 1 heterocycles. The van der Waals surface area contributed by atoms with Gasteiger partial charge in [0, 0.05) is 13.5 Å². The second-order valence-electron chi connectivity index (χ2n) is 3.51. The summed E-state index contributed by atoms with van der Waals surface area (Å²) in [6.07, 6.45) is -1.35. The molecular weight excluding hydrogens is 160 g/mol. The van der Waals surface area contributed by atoms with E-state index in [4.69, 9.17) is 9.47 Å². The lowest BCUT2D eigenvalue weighted by atomic mass is 9.89. The third-order valence-corrected chi connectivity index (χ3v) is 2.29. The lowest BCUT2D eigenvalue weighted by Gasteiger charge is -2.41. The highest BCUT2D eigenvalue weighted by atomic mass is 16.7. The van der Waals surface area contributed by atoms with E-state index in [1.807, 2.05) is 0 Å². The fourth-order valence-electron chi connectivity index (χ4n) is 1.46. The minimum Gasteiger partial charge on any atom is -0.387 e. The lowest BCUT2D eigenvalue weighted by Crippen LogP contribution is -2.54. The van der Waals surface area contributed by atoms with Gasteiger partial charge in [-0.3, -0.25) is 0 Å². The van der Waals surface area contributed by atoms with Crippen molar-refractivity contribution >= 4 is 0 Å². The van der Waals surface area contributed by atoms with Crippen molar-refractivity contribution in [1.82, 2.24) is 0 Å². The molecule has 12 heavy (non-hydrogen) atoms. The lowest BCUT2D eigenvalue weighted by molar-refractivity contribution is -0.264. The maximum atomic E-state index is 9.70. The van der Waals surface area contributed by atoms with Crippen LogP contribution in [0.25, 0.3) is 0 Å². The Kier molecular flexibility index (Phi) is 2.73. The maximum Gasteiger partial charge on any atom is 0.160 e. The molecule has 4 nitrogen and oxygen atoms in total. The van der Waals surface area contributed by atoms with Gasteiger partial charge in [0.15, 0.2) is 6.29 Å². The van der Waals surface area contributed by atoms with Crippen molar-refractivity contribution in [3.8, 4) is 0 Å². The van der Waals surface area contributed by atoms with Crippen LogP contribution in [0.4, 0.5) is 0 Å². The minimum atomic E-state index is -1.11. The first kappa shape index (κ1) is 9.92. The fourth-order valence-corrected chi connectivity index (χ4v) is 1.46. The van der Waals surface area contributed by atoms with Gasteiger partial charge in [0.05, 0.1) is 11.7 Å². The first-order chi connectivity index (χ1) is 5.47. The number of hydrogen-bond acceptors (Lipinski definition) is 4. The average molecular weight is 176 g/mol. The Morgan fingerprint density at radius 1 is 1.58 bits per heavy atom. The number of ether oxygens (including phenoxy) is 2. The summed E-state index contributed by atoms with van der Waals surface area (Å²) in [4.78, 5) is 0. The zero-order chi connectivity index (χ0) is 9.35. The summed E-state index contributed by atoms with van der Waals surface area (Å²) in [6.45, 7) is 3.30. The molecule has 0 amide bonds. The van der Waals surface area contributed by atoms with Gasteiger partial charge in [-0.05, 0) is 13.8 Å². The Balaban J connectivity index is 2.65. The van der Waals surface area contributed by atoms with Crippen LogP contribution in [0, 0.1) is 0 Å². The van der Waals surface area contributed by atoms with Crippen LogP contribution in [-0.2, 0) is 9.47 Å². The largest absolute Gasteiger partial charge is 0.387 e. The standard InChI is InChI=1S/C8H16O4/c1-5-7(9)8(2,10)4-6(11-3)12-5/h5-7,9-10H,4H2,1-3H3/t5-,6+,7-,8-/m1/s1. The van der Waals surface area contributed by atoms with Gasteiger partial charge in [0.1, 0.15) is 6.10 Å². The number of methoxy groups -OCH3 is 1. The molecule has 1 saturated heterocycles. The highest BCUT2D eigenvalue weighted by molar-refractivity contribution is 4.90. The van der Waals surface area contributed by atoms with Crippen LogP contribution in [0.5, 0.6) is 0 Å². The second-order valence-corrected chi connectivity index (χ2v) is 3.51. The van der Waals surface area contributed by atoms with Gasteiger partial charge < -0.3 is 19.7 Å². The quantitative estimate of drug-likeness (QED) is 0.584. The van der Waals surface area contributed by atoms with Gasteiger partial charge >= 0.3 is 0 Å². The van der Waals surface area contributed by atoms with E-state index in [1.54, 1.807) is 13.8 Å². The molecule has 4 heteroatoms.